The van der Waals surface area contributed by atoms with Gasteiger partial charge in [0.1, 0.15) is 5.82 Å². The molecule has 5 heteroatoms. The van der Waals surface area contributed by atoms with E-state index in [0.29, 0.717) is 0 Å². The number of anilines is 1. The Balaban J connectivity index is 1.81. The molecule has 0 amide bonds. The predicted molar refractivity (Wildman–Crippen MR) is 96.3 cm³/mol. The molecule has 1 fully saturated rings. The van der Waals surface area contributed by atoms with E-state index < -0.39 is 0 Å². The van der Waals surface area contributed by atoms with Crippen LogP contribution in [0.15, 0.2) is 51.5 Å². The van der Waals surface area contributed by atoms with Crippen LogP contribution in [-0.4, -0.2) is 24.7 Å². The van der Waals surface area contributed by atoms with Crippen LogP contribution in [0.5, 0.6) is 0 Å². The number of nitrogens with one attached hydrogen (secondary N) is 1. The molecule has 0 aliphatic carbocycles. The van der Waals surface area contributed by atoms with E-state index in [1.165, 1.54) is 5.56 Å². The van der Waals surface area contributed by atoms with E-state index >= 15 is 0 Å². The number of hydrogen-bond acceptors (Lipinski definition) is 3. The molecule has 1 saturated heterocycles. The maximum absolute atomic E-state index is 5.58. The molecular formula is C17H18Br2N2O. The first-order chi connectivity index (χ1) is 10.7. The Bertz CT molecular complexity index is 625. The van der Waals surface area contributed by atoms with Gasteiger partial charge in [0.2, 0.25) is 0 Å². The molecule has 1 aliphatic heterocycles. The summed E-state index contributed by atoms with van der Waals surface area (Å²) < 4.78 is 7.70. The summed E-state index contributed by atoms with van der Waals surface area (Å²) in [6.07, 6.45) is 3.86. The van der Waals surface area contributed by atoms with Gasteiger partial charge in [-0.15, -0.1) is 0 Å². The second-order valence-electron chi connectivity index (χ2n) is 5.62. The number of nitrogens with zero attached hydrogens (tertiary/aromatic N) is 1. The smallest absolute Gasteiger partial charge is 0.125 e. The van der Waals surface area contributed by atoms with Gasteiger partial charge in [0, 0.05) is 40.3 Å². The van der Waals surface area contributed by atoms with Crippen molar-refractivity contribution in [2.75, 3.05) is 25.1 Å². The lowest BCUT2D eigenvalue weighted by atomic mass is 9.74. The number of benzene rings is 1. The SMILES string of the molecule is Brc1ccc(NCC2(c3cccc(Br)c3)CCOCC2)nc1. The maximum Gasteiger partial charge on any atom is 0.125 e. The first kappa shape index (κ1) is 16.0. The van der Waals surface area contributed by atoms with Gasteiger partial charge in [0.15, 0.2) is 0 Å². The molecule has 2 aromatic rings. The zero-order chi connectivity index (χ0) is 15.4. The third kappa shape index (κ3) is 3.70. The van der Waals surface area contributed by atoms with Crippen molar-refractivity contribution in [3.63, 3.8) is 0 Å². The molecule has 1 aromatic carbocycles. The number of hydrogen-bond donors (Lipinski definition) is 1. The Morgan fingerprint density at radius 2 is 1.91 bits per heavy atom. The average molecular weight is 426 g/mol. The standard InChI is InChI=1S/C17H18Br2N2O/c18-14-3-1-2-13(10-14)17(6-8-22-9-7-17)12-21-16-5-4-15(19)11-20-16/h1-5,10-11H,6-9,12H2,(H,20,21). The lowest BCUT2D eigenvalue weighted by Gasteiger charge is -2.38. The normalized spacial score (nSPS) is 17.2. The Kier molecular flexibility index (Phi) is 5.16. The van der Waals surface area contributed by atoms with Gasteiger partial charge in [0.05, 0.1) is 0 Å². The van der Waals surface area contributed by atoms with Gasteiger partial charge in [-0.2, -0.15) is 0 Å². The van der Waals surface area contributed by atoms with Crippen LogP contribution in [0.4, 0.5) is 5.82 Å². The highest BCUT2D eigenvalue weighted by atomic mass is 79.9. The summed E-state index contributed by atoms with van der Waals surface area (Å²) in [5.74, 6) is 0.907. The van der Waals surface area contributed by atoms with Crippen molar-refractivity contribution in [2.45, 2.75) is 18.3 Å². The zero-order valence-corrected chi connectivity index (χ0v) is 15.4. The fourth-order valence-electron chi connectivity index (χ4n) is 2.89. The van der Waals surface area contributed by atoms with Crippen molar-refractivity contribution in [2.24, 2.45) is 0 Å². The lowest BCUT2D eigenvalue weighted by Crippen LogP contribution is -2.40. The average Bonchev–Trinajstić information content (AvgIpc) is 2.55. The monoisotopic (exact) mass is 424 g/mol. The molecule has 0 bridgehead atoms. The molecule has 3 nitrogen and oxygen atoms in total. The molecule has 1 N–H and O–H groups in total. The minimum Gasteiger partial charge on any atom is -0.381 e. The predicted octanol–water partition coefficient (Wildman–Crippen LogP) is 4.77. The molecule has 1 aliphatic rings. The molecular weight excluding hydrogens is 408 g/mol. The van der Waals surface area contributed by atoms with Crippen LogP contribution >= 0.6 is 31.9 Å². The van der Waals surface area contributed by atoms with E-state index in [2.05, 4.69) is 66.4 Å². The molecule has 0 radical (unpaired) electrons. The second-order valence-corrected chi connectivity index (χ2v) is 7.45. The van der Waals surface area contributed by atoms with E-state index in [0.717, 1.165) is 47.4 Å². The van der Waals surface area contributed by atoms with Crippen LogP contribution in [0.25, 0.3) is 0 Å². The van der Waals surface area contributed by atoms with Gasteiger partial charge >= 0.3 is 0 Å². The summed E-state index contributed by atoms with van der Waals surface area (Å²) in [7, 11) is 0. The minimum atomic E-state index is 0.0940. The summed E-state index contributed by atoms with van der Waals surface area (Å²) in [4.78, 5) is 4.41. The van der Waals surface area contributed by atoms with E-state index in [-0.39, 0.29) is 5.41 Å². The molecule has 0 spiro atoms. The summed E-state index contributed by atoms with van der Waals surface area (Å²) >= 11 is 7.00. The number of ether oxygens (including phenoxy) is 1. The quantitative estimate of drug-likeness (QED) is 0.766. The summed E-state index contributed by atoms with van der Waals surface area (Å²) in [6.45, 7) is 2.48. The molecule has 22 heavy (non-hydrogen) atoms. The highest BCUT2D eigenvalue weighted by Gasteiger charge is 2.34. The highest BCUT2D eigenvalue weighted by molar-refractivity contribution is 9.10. The maximum atomic E-state index is 5.58. The molecule has 2 heterocycles. The molecule has 0 unspecified atom stereocenters. The highest BCUT2D eigenvalue weighted by Crippen LogP contribution is 2.36. The van der Waals surface area contributed by atoms with Crippen LogP contribution < -0.4 is 5.32 Å². The van der Waals surface area contributed by atoms with Crippen molar-refractivity contribution in [3.8, 4) is 0 Å². The summed E-state index contributed by atoms with van der Waals surface area (Å²) in [5, 5.41) is 3.50. The van der Waals surface area contributed by atoms with Crippen molar-refractivity contribution in [1.82, 2.24) is 4.98 Å². The minimum absolute atomic E-state index is 0.0940. The Labute approximate surface area is 147 Å². The van der Waals surface area contributed by atoms with Crippen molar-refractivity contribution in [3.05, 3.63) is 57.1 Å². The second kappa shape index (κ2) is 7.11. The summed E-state index contributed by atoms with van der Waals surface area (Å²) in [5.41, 5.74) is 1.45. The molecule has 0 saturated carbocycles. The summed E-state index contributed by atoms with van der Waals surface area (Å²) in [6, 6.07) is 12.6. The Morgan fingerprint density at radius 1 is 1.09 bits per heavy atom. The van der Waals surface area contributed by atoms with Gasteiger partial charge in [-0.25, -0.2) is 4.98 Å². The van der Waals surface area contributed by atoms with E-state index in [9.17, 15) is 0 Å². The largest absolute Gasteiger partial charge is 0.381 e. The van der Waals surface area contributed by atoms with Crippen LogP contribution in [0.2, 0.25) is 0 Å². The molecule has 116 valence electrons. The Morgan fingerprint density at radius 3 is 2.59 bits per heavy atom. The zero-order valence-electron chi connectivity index (χ0n) is 12.2. The van der Waals surface area contributed by atoms with Crippen LogP contribution in [-0.2, 0) is 10.2 Å². The van der Waals surface area contributed by atoms with E-state index in [1.54, 1.807) is 0 Å². The first-order valence-electron chi connectivity index (χ1n) is 7.37. The third-order valence-electron chi connectivity index (χ3n) is 4.22. The fraction of sp³-hybridized carbons (Fsp3) is 0.353. The molecule has 1 aromatic heterocycles. The van der Waals surface area contributed by atoms with Crippen molar-refractivity contribution in [1.29, 1.82) is 0 Å². The van der Waals surface area contributed by atoms with Gasteiger partial charge in [0.25, 0.3) is 0 Å². The van der Waals surface area contributed by atoms with Crippen molar-refractivity contribution >= 4 is 37.7 Å². The van der Waals surface area contributed by atoms with Gasteiger partial charge in [-0.05, 0) is 58.6 Å². The van der Waals surface area contributed by atoms with Gasteiger partial charge < -0.3 is 10.1 Å². The van der Waals surface area contributed by atoms with E-state index in [4.69, 9.17) is 4.74 Å². The number of aromatic nitrogens is 1. The fourth-order valence-corrected chi connectivity index (χ4v) is 3.52. The molecule has 0 atom stereocenters. The first-order valence-corrected chi connectivity index (χ1v) is 8.96. The number of pyridine rings is 1. The number of halogens is 2. The van der Waals surface area contributed by atoms with Gasteiger partial charge in [-0.1, -0.05) is 28.1 Å². The van der Waals surface area contributed by atoms with Crippen molar-refractivity contribution < 1.29 is 4.74 Å². The lowest BCUT2D eigenvalue weighted by molar-refractivity contribution is 0.0543. The topological polar surface area (TPSA) is 34.1 Å². The third-order valence-corrected chi connectivity index (χ3v) is 5.18. The molecule has 3 rings (SSSR count). The Hall–Kier alpha value is -0.910. The van der Waals surface area contributed by atoms with Crippen LogP contribution in [0.3, 0.4) is 0 Å². The van der Waals surface area contributed by atoms with Crippen LogP contribution in [0, 0.1) is 0 Å². The van der Waals surface area contributed by atoms with Crippen LogP contribution in [0.1, 0.15) is 18.4 Å². The number of rotatable bonds is 4. The van der Waals surface area contributed by atoms with Gasteiger partial charge in [-0.3, -0.25) is 0 Å². The van der Waals surface area contributed by atoms with E-state index in [1.807, 2.05) is 18.3 Å².